The molecule has 0 aliphatic heterocycles. The Morgan fingerprint density at radius 3 is 2.40 bits per heavy atom. The molecule has 0 fully saturated rings. The van der Waals surface area contributed by atoms with Gasteiger partial charge in [0.05, 0.1) is 11.4 Å². The summed E-state index contributed by atoms with van der Waals surface area (Å²) in [4.78, 5) is 12.8. The van der Waals surface area contributed by atoms with Gasteiger partial charge in [-0.2, -0.15) is 0 Å². The predicted octanol–water partition coefficient (Wildman–Crippen LogP) is 3.60. The quantitative estimate of drug-likeness (QED) is 0.707. The van der Waals surface area contributed by atoms with Crippen LogP contribution < -0.4 is 16.2 Å². The standard InChI is InChI=1S/C19H20N4OS/c1-13-8-7-9-15(12-13)20-19(25)21-17-14(2)22(3)23(18(17)24)16-10-5-4-6-11-16/h4-12H,1-3H3,(H2,20,21,25). The van der Waals surface area contributed by atoms with Gasteiger partial charge in [-0.15, -0.1) is 0 Å². The maximum atomic E-state index is 12.8. The molecule has 25 heavy (non-hydrogen) atoms. The van der Waals surface area contributed by atoms with Crippen LogP contribution in [0.25, 0.3) is 5.69 Å². The lowest BCUT2D eigenvalue weighted by atomic mass is 10.2. The van der Waals surface area contributed by atoms with E-state index in [1.807, 2.05) is 80.2 Å². The molecule has 1 heterocycles. The van der Waals surface area contributed by atoms with Gasteiger partial charge in [-0.3, -0.25) is 9.48 Å². The molecule has 0 atom stereocenters. The lowest BCUT2D eigenvalue weighted by Crippen LogP contribution is -2.25. The number of nitrogens with zero attached hydrogens (tertiary/aromatic N) is 2. The van der Waals surface area contributed by atoms with Gasteiger partial charge >= 0.3 is 0 Å². The van der Waals surface area contributed by atoms with Crippen LogP contribution in [-0.2, 0) is 7.05 Å². The van der Waals surface area contributed by atoms with Gasteiger partial charge in [0, 0.05) is 12.7 Å². The van der Waals surface area contributed by atoms with Crippen LogP contribution in [0.4, 0.5) is 11.4 Å². The number of benzene rings is 2. The van der Waals surface area contributed by atoms with Crippen molar-refractivity contribution in [2.45, 2.75) is 13.8 Å². The zero-order valence-corrected chi connectivity index (χ0v) is 15.2. The van der Waals surface area contributed by atoms with Crippen molar-refractivity contribution in [3.05, 3.63) is 76.2 Å². The number of hydrogen-bond donors (Lipinski definition) is 2. The number of aryl methyl sites for hydroxylation is 1. The van der Waals surface area contributed by atoms with Crippen molar-refractivity contribution >= 4 is 28.7 Å². The number of para-hydroxylation sites is 1. The topological polar surface area (TPSA) is 51.0 Å². The molecule has 0 spiro atoms. The smallest absolute Gasteiger partial charge is 0.295 e. The van der Waals surface area contributed by atoms with Gasteiger partial charge in [0.25, 0.3) is 5.56 Å². The SMILES string of the molecule is Cc1cccc(NC(=S)Nc2c(C)n(C)n(-c3ccccc3)c2=O)c1. The monoisotopic (exact) mass is 352 g/mol. The maximum absolute atomic E-state index is 12.8. The zero-order valence-electron chi connectivity index (χ0n) is 14.4. The van der Waals surface area contributed by atoms with Crippen LogP contribution in [0.5, 0.6) is 0 Å². The average molecular weight is 352 g/mol. The minimum absolute atomic E-state index is 0.139. The van der Waals surface area contributed by atoms with Gasteiger partial charge in [-0.05, 0) is 55.9 Å². The minimum Gasteiger partial charge on any atom is -0.332 e. The van der Waals surface area contributed by atoms with E-state index < -0.39 is 0 Å². The Kier molecular flexibility index (Phi) is 4.72. The van der Waals surface area contributed by atoms with Crippen LogP contribution in [0.3, 0.4) is 0 Å². The third-order valence-electron chi connectivity index (χ3n) is 4.07. The molecule has 0 unspecified atom stereocenters. The summed E-state index contributed by atoms with van der Waals surface area (Å²) in [7, 11) is 1.85. The number of thiocarbonyl (C=S) groups is 1. The second-order valence-corrected chi connectivity index (χ2v) is 6.29. The summed E-state index contributed by atoms with van der Waals surface area (Å²) in [5.41, 5.74) is 3.96. The van der Waals surface area contributed by atoms with Crippen molar-refractivity contribution in [1.29, 1.82) is 0 Å². The molecule has 1 aromatic heterocycles. The van der Waals surface area contributed by atoms with E-state index in [4.69, 9.17) is 12.2 Å². The Morgan fingerprint density at radius 2 is 1.72 bits per heavy atom. The molecule has 0 bridgehead atoms. The third-order valence-corrected chi connectivity index (χ3v) is 4.27. The molecule has 0 saturated carbocycles. The first kappa shape index (κ1) is 17.0. The van der Waals surface area contributed by atoms with Gasteiger partial charge in [0.2, 0.25) is 0 Å². The van der Waals surface area contributed by atoms with E-state index in [1.54, 1.807) is 4.68 Å². The van der Waals surface area contributed by atoms with E-state index in [9.17, 15) is 4.79 Å². The molecule has 6 heteroatoms. The summed E-state index contributed by atoms with van der Waals surface area (Å²) in [6.45, 7) is 3.90. The molecule has 2 N–H and O–H groups in total. The summed E-state index contributed by atoms with van der Waals surface area (Å²) in [5, 5.41) is 6.55. The lowest BCUT2D eigenvalue weighted by Gasteiger charge is -2.10. The van der Waals surface area contributed by atoms with Crippen LogP contribution >= 0.6 is 12.2 Å². The number of rotatable bonds is 3. The van der Waals surface area contributed by atoms with E-state index in [0.29, 0.717) is 10.8 Å². The van der Waals surface area contributed by atoms with E-state index in [1.165, 1.54) is 0 Å². The summed E-state index contributed by atoms with van der Waals surface area (Å²) in [6.07, 6.45) is 0. The van der Waals surface area contributed by atoms with Gasteiger partial charge < -0.3 is 10.6 Å². The first-order valence-electron chi connectivity index (χ1n) is 7.96. The normalized spacial score (nSPS) is 10.5. The molecule has 5 nitrogen and oxygen atoms in total. The van der Waals surface area contributed by atoms with Crippen molar-refractivity contribution in [3.63, 3.8) is 0 Å². The van der Waals surface area contributed by atoms with Crippen molar-refractivity contribution in [3.8, 4) is 5.69 Å². The van der Waals surface area contributed by atoms with E-state index in [0.717, 1.165) is 22.6 Å². The first-order valence-corrected chi connectivity index (χ1v) is 8.37. The fourth-order valence-electron chi connectivity index (χ4n) is 2.71. The Morgan fingerprint density at radius 1 is 1.00 bits per heavy atom. The summed E-state index contributed by atoms with van der Waals surface area (Å²) in [5.74, 6) is 0. The fourth-order valence-corrected chi connectivity index (χ4v) is 2.93. The van der Waals surface area contributed by atoms with Gasteiger partial charge in [0.15, 0.2) is 5.11 Å². The molecule has 128 valence electrons. The average Bonchev–Trinajstić information content (AvgIpc) is 2.79. The van der Waals surface area contributed by atoms with E-state index >= 15 is 0 Å². The molecular weight excluding hydrogens is 332 g/mol. The van der Waals surface area contributed by atoms with Crippen molar-refractivity contribution in [1.82, 2.24) is 9.36 Å². The van der Waals surface area contributed by atoms with Crippen molar-refractivity contribution < 1.29 is 0 Å². The lowest BCUT2D eigenvalue weighted by molar-refractivity contribution is 0.630. The van der Waals surface area contributed by atoms with E-state index in [-0.39, 0.29) is 5.56 Å². The molecule has 3 rings (SSSR count). The van der Waals surface area contributed by atoms with Crippen LogP contribution in [0, 0.1) is 13.8 Å². The number of aromatic nitrogens is 2. The molecule has 0 saturated heterocycles. The largest absolute Gasteiger partial charge is 0.332 e. The highest BCUT2D eigenvalue weighted by Crippen LogP contribution is 2.15. The molecule has 0 radical (unpaired) electrons. The minimum atomic E-state index is -0.139. The first-order chi connectivity index (χ1) is 12.0. The highest BCUT2D eigenvalue weighted by Gasteiger charge is 2.16. The molecule has 0 aliphatic carbocycles. The second-order valence-electron chi connectivity index (χ2n) is 5.89. The van der Waals surface area contributed by atoms with E-state index in [2.05, 4.69) is 10.6 Å². The van der Waals surface area contributed by atoms with Gasteiger partial charge in [0.1, 0.15) is 5.69 Å². The van der Waals surface area contributed by atoms with Crippen LogP contribution in [0.2, 0.25) is 0 Å². The third kappa shape index (κ3) is 3.49. The zero-order chi connectivity index (χ0) is 18.0. The number of nitrogens with one attached hydrogen (secondary N) is 2. The van der Waals surface area contributed by atoms with Crippen molar-refractivity contribution in [2.75, 3.05) is 10.6 Å². The summed E-state index contributed by atoms with van der Waals surface area (Å²) < 4.78 is 3.43. The van der Waals surface area contributed by atoms with Crippen LogP contribution in [0.1, 0.15) is 11.3 Å². The Labute approximate surface area is 151 Å². The summed E-state index contributed by atoms with van der Waals surface area (Å²) in [6, 6.07) is 17.4. The number of hydrogen-bond acceptors (Lipinski definition) is 2. The highest BCUT2D eigenvalue weighted by molar-refractivity contribution is 7.80. The molecule has 3 aromatic rings. The Balaban J connectivity index is 1.88. The molecule has 0 aliphatic rings. The fraction of sp³-hybridized carbons (Fsp3) is 0.158. The molecule has 2 aromatic carbocycles. The van der Waals surface area contributed by atoms with Gasteiger partial charge in [-0.1, -0.05) is 30.3 Å². The Hall–Kier alpha value is -2.86. The summed E-state index contributed by atoms with van der Waals surface area (Å²) >= 11 is 5.37. The highest BCUT2D eigenvalue weighted by atomic mass is 32.1. The number of anilines is 2. The van der Waals surface area contributed by atoms with Crippen molar-refractivity contribution in [2.24, 2.45) is 7.05 Å². The second kappa shape index (κ2) is 6.94. The molecule has 0 amide bonds. The Bertz CT molecular complexity index is 973. The van der Waals surface area contributed by atoms with Crippen LogP contribution in [-0.4, -0.2) is 14.5 Å². The van der Waals surface area contributed by atoms with Gasteiger partial charge in [-0.25, -0.2) is 4.68 Å². The molecular formula is C19H20N4OS. The van der Waals surface area contributed by atoms with Crippen LogP contribution in [0.15, 0.2) is 59.4 Å². The maximum Gasteiger partial charge on any atom is 0.295 e. The predicted molar refractivity (Wildman–Crippen MR) is 107 cm³/mol.